The average molecular weight is 361 g/mol. The normalized spacial score (nSPS) is 24.1. The van der Waals surface area contributed by atoms with E-state index in [-0.39, 0.29) is 23.7 Å². The van der Waals surface area contributed by atoms with Gasteiger partial charge in [0.15, 0.2) is 0 Å². The lowest BCUT2D eigenvalue weighted by molar-refractivity contribution is 0.0297. The van der Waals surface area contributed by atoms with E-state index in [9.17, 15) is 15.0 Å². The number of hydrogen-bond acceptors (Lipinski definition) is 3. The number of benzene rings is 1. The quantitative estimate of drug-likeness (QED) is 0.751. The predicted molar refractivity (Wildman–Crippen MR) is 76.5 cm³/mol. The Morgan fingerprint density at radius 3 is 2.83 bits per heavy atom. The molecular formula is C13H16INO3. The van der Waals surface area contributed by atoms with E-state index < -0.39 is 0 Å². The Balaban J connectivity index is 2.14. The fourth-order valence-corrected chi connectivity index (χ4v) is 2.48. The molecule has 2 N–H and O–H groups in total. The minimum absolute atomic E-state index is 0.0829. The standard InChI is InChI=1S/C13H16INO3/c1-8-7-15(5-4-11(8)16)13(18)9-2-3-10(14)12(17)6-9/h2-3,6,8,11,16-17H,4-5,7H2,1H3. The third-order valence-electron chi connectivity index (χ3n) is 3.34. The van der Waals surface area contributed by atoms with Gasteiger partial charge < -0.3 is 15.1 Å². The van der Waals surface area contributed by atoms with Crippen LogP contribution in [0.4, 0.5) is 0 Å². The van der Waals surface area contributed by atoms with Crippen LogP contribution in [0.15, 0.2) is 18.2 Å². The van der Waals surface area contributed by atoms with Crippen LogP contribution in [-0.2, 0) is 0 Å². The molecule has 2 atom stereocenters. The molecule has 1 aliphatic heterocycles. The molecule has 0 aromatic heterocycles. The highest BCUT2D eigenvalue weighted by Gasteiger charge is 2.27. The lowest BCUT2D eigenvalue weighted by atomic mass is 9.96. The SMILES string of the molecule is CC1CN(C(=O)c2ccc(I)c(O)c2)CCC1O. The van der Waals surface area contributed by atoms with Crippen LogP contribution in [0.3, 0.4) is 0 Å². The highest BCUT2D eigenvalue weighted by atomic mass is 127. The Labute approximate surface area is 120 Å². The van der Waals surface area contributed by atoms with E-state index in [0.29, 0.717) is 25.1 Å². The van der Waals surface area contributed by atoms with Crippen LogP contribution in [-0.4, -0.2) is 40.2 Å². The molecule has 18 heavy (non-hydrogen) atoms. The summed E-state index contributed by atoms with van der Waals surface area (Å²) in [5.74, 6) is 0.145. The van der Waals surface area contributed by atoms with E-state index in [1.54, 1.807) is 17.0 Å². The second-order valence-electron chi connectivity index (χ2n) is 4.75. The first-order valence-corrected chi connectivity index (χ1v) is 7.02. The smallest absolute Gasteiger partial charge is 0.254 e. The zero-order chi connectivity index (χ0) is 13.3. The number of phenols is 1. The zero-order valence-corrected chi connectivity index (χ0v) is 12.3. The first-order chi connectivity index (χ1) is 8.49. The van der Waals surface area contributed by atoms with Crippen LogP contribution < -0.4 is 0 Å². The summed E-state index contributed by atoms with van der Waals surface area (Å²) < 4.78 is 0.728. The molecular weight excluding hydrogens is 345 g/mol. The van der Waals surface area contributed by atoms with Crippen LogP contribution in [0, 0.1) is 9.49 Å². The summed E-state index contributed by atoms with van der Waals surface area (Å²) in [5, 5.41) is 19.3. The first kappa shape index (κ1) is 13.6. The minimum atomic E-state index is -0.320. The van der Waals surface area contributed by atoms with Crippen molar-refractivity contribution in [2.75, 3.05) is 13.1 Å². The van der Waals surface area contributed by atoms with Crippen molar-refractivity contribution in [3.63, 3.8) is 0 Å². The molecule has 1 aliphatic rings. The van der Waals surface area contributed by atoms with E-state index in [2.05, 4.69) is 0 Å². The molecule has 0 aliphatic carbocycles. The van der Waals surface area contributed by atoms with Gasteiger partial charge in [0.05, 0.1) is 9.67 Å². The van der Waals surface area contributed by atoms with E-state index in [1.807, 2.05) is 29.5 Å². The number of amides is 1. The molecule has 1 saturated heterocycles. The molecule has 1 aromatic carbocycles. The second kappa shape index (κ2) is 5.44. The van der Waals surface area contributed by atoms with Gasteiger partial charge in [0.1, 0.15) is 5.75 Å². The summed E-state index contributed by atoms with van der Waals surface area (Å²) in [4.78, 5) is 14.0. The Kier molecular flexibility index (Phi) is 4.11. The van der Waals surface area contributed by atoms with Crippen molar-refractivity contribution >= 4 is 28.5 Å². The maximum absolute atomic E-state index is 12.2. The number of carbonyl (C=O) groups excluding carboxylic acids is 1. The maximum Gasteiger partial charge on any atom is 0.254 e. The van der Waals surface area contributed by atoms with Gasteiger partial charge in [-0.15, -0.1) is 0 Å². The molecule has 1 aromatic rings. The fourth-order valence-electron chi connectivity index (χ4n) is 2.15. The summed E-state index contributed by atoms with van der Waals surface area (Å²) >= 11 is 2.02. The van der Waals surface area contributed by atoms with Crippen LogP contribution in [0.25, 0.3) is 0 Å². The van der Waals surface area contributed by atoms with Gasteiger partial charge in [0.25, 0.3) is 5.91 Å². The number of hydrogen-bond donors (Lipinski definition) is 2. The van der Waals surface area contributed by atoms with Crippen molar-refractivity contribution in [3.05, 3.63) is 27.3 Å². The third kappa shape index (κ3) is 2.77. The number of aliphatic hydroxyl groups excluding tert-OH is 1. The lowest BCUT2D eigenvalue weighted by Gasteiger charge is -2.34. The summed E-state index contributed by atoms with van der Waals surface area (Å²) in [6.07, 6.45) is 0.294. The Morgan fingerprint density at radius 2 is 2.22 bits per heavy atom. The lowest BCUT2D eigenvalue weighted by Crippen LogP contribution is -2.44. The molecule has 0 radical (unpaired) electrons. The van der Waals surface area contributed by atoms with Gasteiger partial charge in [-0.1, -0.05) is 6.92 Å². The number of carbonyl (C=O) groups is 1. The highest BCUT2D eigenvalue weighted by molar-refractivity contribution is 14.1. The Morgan fingerprint density at radius 1 is 1.50 bits per heavy atom. The van der Waals surface area contributed by atoms with Crippen molar-refractivity contribution in [1.29, 1.82) is 0 Å². The number of aliphatic hydroxyl groups is 1. The van der Waals surface area contributed by atoms with Gasteiger partial charge in [-0.05, 0) is 53.1 Å². The molecule has 0 bridgehead atoms. The van der Waals surface area contributed by atoms with Crippen LogP contribution in [0.5, 0.6) is 5.75 Å². The average Bonchev–Trinajstić information content (AvgIpc) is 2.35. The molecule has 98 valence electrons. The monoisotopic (exact) mass is 361 g/mol. The molecule has 2 rings (SSSR count). The number of nitrogens with zero attached hydrogens (tertiary/aromatic N) is 1. The van der Waals surface area contributed by atoms with Crippen LogP contribution >= 0.6 is 22.6 Å². The van der Waals surface area contributed by atoms with E-state index in [4.69, 9.17) is 0 Å². The first-order valence-electron chi connectivity index (χ1n) is 5.95. The van der Waals surface area contributed by atoms with Gasteiger partial charge in [0, 0.05) is 18.7 Å². The van der Waals surface area contributed by atoms with Gasteiger partial charge >= 0.3 is 0 Å². The van der Waals surface area contributed by atoms with Crippen molar-refractivity contribution in [3.8, 4) is 5.75 Å². The van der Waals surface area contributed by atoms with E-state index in [0.717, 1.165) is 3.57 Å². The summed E-state index contributed by atoms with van der Waals surface area (Å²) in [6, 6.07) is 4.95. The third-order valence-corrected chi connectivity index (χ3v) is 4.25. The number of halogens is 1. The van der Waals surface area contributed by atoms with Gasteiger partial charge in [-0.25, -0.2) is 0 Å². The Bertz CT molecular complexity index is 464. The van der Waals surface area contributed by atoms with Gasteiger partial charge in [-0.3, -0.25) is 4.79 Å². The molecule has 0 saturated carbocycles. The number of likely N-dealkylation sites (tertiary alicyclic amines) is 1. The summed E-state index contributed by atoms with van der Waals surface area (Å²) in [6.45, 7) is 3.07. The van der Waals surface area contributed by atoms with Crippen molar-refractivity contribution in [2.45, 2.75) is 19.4 Å². The topological polar surface area (TPSA) is 60.8 Å². The van der Waals surface area contributed by atoms with Crippen molar-refractivity contribution < 1.29 is 15.0 Å². The number of phenolic OH excluding ortho intramolecular Hbond substituents is 1. The molecule has 5 heteroatoms. The van der Waals surface area contributed by atoms with Crippen LogP contribution in [0.2, 0.25) is 0 Å². The summed E-state index contributed by atoms with van der Waals surface area (Å²) in [7, 11) is 0. The number of rotatable bonds is 1. The molecule has 2 unspecified atom stereocenters. The minimum Gasteiger partial charge on any atom is -0.507 e. The van der Waals surface area contributed by atoms with Gasteiger partial charge in [0.2, 0.25) is 0 Å². The second-order valence-corrected chi connectivity index (χ2v) is 5.91. The summed E-state index contributed by atoms with van der Waals surface area (Å²) in [5.41, 5.74) is 0.497. The number of piperidine rings is 1. The van der Waals surface area contributed by atoms with Crippen LogP contribution in [0.1, 0.15) is 23.7 Å². The molecule has 0 spiro atoms. The van der Waals surface area contributed by atoms with Gasteiger partial charge in [-0.2, -0.15) is 0 Å². The van der Waals surface area contributed by atoms with E-state index >= 15 is 0 Å². The van der Waals surface area contributed by atoms with Crippen molar-refractivity contribution in [2.24, 2.45) is 5.92 Å². The maximum atomic E-state index is 12.2. The molecule has 1 fully saturated rings. The Hall–Kier alpha value is -0.820. The van der Waals surface area contributed by atoms with E-state index in [1.165, 1.54) is 6.07 Å². The largest absolute Gasteiger partial charge is 0.507 e. The highest BCUT2D eigenvalue weighted by Crippen LogP contribution is 2.23. The number of aromatic hydroxyl groups is 1. The van der Waals surface area contributed by atoms with Crippen molar-refractivity contribution in [1.82, 2.24) is 4.90 Å². The molecule has 4 nitrogen and oxygen atoms in total. The zero-order valence-electron chi connectivity index (χ0n) is 10.1. The predicted octanol–water partition coefficient (Wildman–Crippen LogP) is 1.84. The molecule has 1 amide bonds. The molecule has 1 heterocycles. The fraction of sp³-hybridized carbons (Fsp3) is 0.462.